The molecule has 0 saturated carbocycles. The second-order valence-electron chi connectivity index (χ2n) is 7.68. The van der Waals surface area contributed by atoms with Gasteiger partial charge in [0.15, 0.2) is 5.78 Å². The van der Waals surface area contributed by atoms with Crippen LogP contribution in [0, 0.1) is 11.8 Å². The second kappa shape index (κ2) is 10.1. The number of ketones is 1. The zero-order valence-corrected chi connectivity index (χ0v) is 17.3. The Balaban J connectivity index is 1.60. The molecule has 4 heteroatoms. The molecule has 1 aliphatic rings. The summed E-state index contributed by atoms with van der Waals surface area (Å²) in [5, 5.41) is 0. The molecule has 3 rings (SSSR count). The van der Waals surface area contributed by atoms with Gasteiger partial charge < -0.3 is 10.6 Å². The smallest absolute Gasteiger partial charge is 0.167 e. The molecule has 0 atom stereocenters. The molecule has 29 heavy (non-hydrogen) atoms. The van der Waals surface area contributed by atoms with Crippen molar-refractivity contribution in [1.29, 1.82) is 0 Å². The van der Waals surface area contributed by atoms with Gasteiger partial charge in [0.05, 0.1) is 0 Å². The Bertz CT molecular complexity index is 927. The number of carbonyl (C=O) groups is 1. The number of allylic oxidation sites excluding steroid dienone is 1. The summed E-state index contributed by atoms with van der Waals surface area (Å²) < 4.78 is 0. The largest absolute Gasteiger partial charge is 0.404 e. The zero-order valence-electron chi connectivity index (χ0n) is 17.3. The van der Waals surface area contributed by atoms with Crippen molar-refractivity contribution in [1.82, 2.24) is 9.80 Å². The minimum atomic E-state index is 0.103. The number of nitrogens with two attached hydrogens (primary N) is 1. The molecule has 0 bridgehead atoms. The first-order valence-corrected chi connectivity index (χ1v) is 10.1. The monoisotopic (exact) mass is 387 g/mol. The molecule has 4 nitrogen and oxygen atoms in total. The predicted octanol–water partition coefficient (Wildman–Crippen LogP) is 3.07. The second-order valence-corrected chi connectivity index (χ2v) is 7.68. The van der Waals surface area contributed by atoms with Gasteiger partial charge in [0.1, 0.15) is 0 Å². The van der Waals surface area contributed by atoms with Crippen molar-refractivity contribution in [2.24, 2.45) is 5.73 Å². The van der Waals surface area contributed by atoms with E-state index >= 15 is 0 Å². The maximum atomic E-state index is 12.7. The number of piperazine rings is 1. The third-order valence-electron chi connectivity index (χ3n) is 5.23. The van der Waals surface area contributed by atoms with Crippen LogP contribution in [0.1, 0.15) is 34.0 Å². The van der Waals surface area contributed by atoms with Gasteiger partial charge in [0.2, 0.25) is 0 Å². The van der Waals surface area contributed by atoms with Crippen molar-refractivity contribution < 1.29 is 4.79 Å². The molecule has 2 aromatic carbocycles. The molecule has 150 valence electrons. The van der Waals surface area contributed by atoms with E-state index in [1.165, 1.54) is 11.8 Å². The summed E-state index contributed by atoms with van der Waals surface area (Å²) in [6.45, 7) is 7.29. The summed E-state index contributed by atoms with van der Waals surface area (Å²) in [4.78, 5) is 17.5. The highest BCUT2D eigenvalue weighted by atomic mass is 16.1. The molecule has 1 saturated heterocycles. The SMILES string of the molecule is C/C(C#Cc1cccc(C(=O)Cc2ccc(CN3CCN(C)CC3)cc2)c1)=C\N. The molecule has 1 aliphatic heterocycles. The highest BCUT2D eigenvalue weighted by Crippen LogP contribution is 2.13. The van der Waals surface area contributed by atoms with Crippen LogP contribution in [0.3, 0.4) is 0 Å². The standard InChI is InChI=1S/C25H29N3O/c1-20(18-26)6-7-21-4-3-5-24(16-21)25(29)17-22-8-10-23(11-9-22)19-28-14-12-27(2)13-15-28/h3-5,8-11,16,18H,12-15,17,19,26H2,1-2H3/b20-18+. The molecule has 2 N–H and O–H groups in total. The molecule has 1 fully saturated rings. The van der Waals surface area contributed by atoms with Crippen LogP contribution in [0.5, 0.6) is 0 Å². The van der Waals surface area contributed by atoms with Crippen LogP contribution in [0.25, 0.3) is 0 Å². The van der Waals surface area contributed by atoms with Gasteiger partial charge >= 0.3 is 0 Å². The van der Waals surface area contributed by atoms with Crippen LogP contribution < -0.4 is 5.73 Å². The summed E-state index contributed by atoms with van der Waals surface area (Å²) in [5.74, 6) is 6.12. The Morgan fingerprint density at radius 2 is 1.76 bits per heavy atom. The number of benzene rings is 2. The summed E-state index contributed by atoms with van der Waals surface area (Å²) in [7, 11) is 2.17. The van der Waals surface area contributed by atoms with E-state index in [2.05, 4.69) is 53.0 Å². The lowest BCUT2D eigenvalue weighted by molar-refractivity contribution is 0.0993. The fourth-order valence-electron chi connectivity index (χ4n) is 3.30. The Hall–Kier alpha value is -2.87. The van der Waals surface area contributed by atoms with Gasteiger partial charge in [0, 0.05) is 62.0 Å². The topological polar surface area (TPSA) is 49.6 Å². The molecule has 1 heterocycles. The molecule has 0 aliphatic carbocycles. The maximum Gasteiger partial charge on any atom is 0.167 e. The summed E-state index contributed by atoms with van der Waals surface area (Å²) in [6, 6.07) is 15.9. The van der Waals surface area contributed by atoms with Gasteiger partial charge in [-0.05, 0) is 37.2 Å². The van der Waals surface area contributed by atoms with Crippen LogP contribution in [-0.2, 0) is 13.0 Å². The number of rotatable bonds is 5. The summed E-state index contributed by atoms with van der Waals surface area (Å²) in [5.41, 5.74) is 10.1. The van der Waals surface area contributed by atoms with E-state index in [4.69, 9.17) is 5.73 Å². The van der Waals surface area contributed by atoms with Gasteiger partial charge in [-0.25, -0.2) is 0 Å². The van der Waals surface area contributed by atoms with Gasteiger partial charge in [-0.3, -0.25) is 9.69 Å². The zero-order chi connectivity index (χ0) is 20.6. The van der Waals surface area contributed by atoms with Crippen molar-refractivity contribution in [3.63, 3.8) is 0 Å². The third kappa shape index (κ3) is 6.32. The average molecular weight is 388 g/mol. The van der Waals surface area contributed by atoms with E-state index < -0.39 is 0 Å². The molecule has 0 radical (unpaired) electrons. The first kappa shape index (κ1) is 20.9. The Kier molecular flexibility index (Phi) is 7.24. The lowest BCUT2D eigenvalue weighted by Gasteiger charge is -2.32. The first-order chi connectivity index (χ1) is 14.0. The maximum absolute atomic E-state index is 12.7. The Morgan fingerprint density at radius 1 is 1.07 bits per heavy atom. The van der Waals surface area contributed by atoms with Crippen LogP contribution >= 0.6 is 0 Å². The number of likely N-dealkylation sites (N-methyl/N-ethyl adjacent to an activating group) is 1. The van der Waals surface area contributed by atoms with Crippen LogP contribution in [-0.4, -0.2) is 48.8 Å². The molecule has 0 amide bonds. The minimum absolute atomic E-state index is 0.103. The predicted molar refractivity (Wildman–Crippen MR) is 119 cm³/mol. The molecule has 0 spiro atoms. The fraction of sp³-hybridized carbons (Fsp3) is 0.320. The summed E-state index contributed by atoms with van der Waals surface area (Å²) >= 11 is 0. The van der Waals surface area contributed by atoms with E-state index in [0.29, 0.717) is 12.0 Å². The van der Waals surface area contributed by atoms with E-state index in [1.807, 2.05) is 31.2 Å². The van der Waals surface area contributed by atoms with Crippen molar-refractivity contribution in [2.75, 3.05) is 33.2 Å². The minimum Gasteiger partial charge on any atom is -0.404 e. The van der Waals surface area contributed by atoms with Gasteiger partial charge in [-0.2, -0.15) is 0 Å². The Morgan fingerprint density at radius 3 is 2.45 bits per heavy atom. The van der Waals surface area contributed by atoms with E-state index in [0.717, 1.165) is 49.4 Å². The highest BCUT2D eigenvalue weighted by molar-refractivity contribution is 5.97. The average Bonchev–Trinajstić information content (AvgIpc) is 2.75. The van der Waals surface area contributed by atoms with E-state index in [9.17, 15) is 4.79 Å². The molecular formula is C25H29N3O. The van der Waals surface area contributed by atoms with Gasteiger partial charge in [0.25, 0.3) is 0 Å². The first-order valence-electron chi connectivity index (χ1n) is 10.1. The van der Waals surface area contributed by atoms with Gasteiger partial charge in [-0.15, -0.1) is 0 Å². The lowest BCUT2D eigenvalue weighted by atomic mass is 10.0. The Labute approximate surface area is 174 Å². The highest BCUT2D eigenvalue weighted by Gasteiger charge is 2.14. The van der Waals surface area contributed by atoms with Crippen LogP contribution in [0.2, 0.25) is 0 Å². The lowest BCUT2D eigenvalue weighted by Crippen LogP contribution is -2.43. The van der Waals surface area contributed by atoms with Crippen LogP contribution in [0.15, 0.2) is 60.3 Å². The quantitative estimate of drug-likeness (QED) is 0.633. The number of hydrogen-bond donors (Lipinski definition) is 1. The van der Waals surface area contributed by atoms with Crippen molar-refractivity contribution >= 4 is 5.78 Å². The van der Waals surface area contributed by atoms with Crippen LogP contribution in [0.4, 0.5) is 0 Å². The molecule has 0 unspecified atom stereocenters. The molecule has 0 aromatic heterocycles. The normalized spacial score (nSPS) is 15.6. The molecule has 2 aromatic rings. The van der Waals surface area contributed by atoms with Crippen molar-refractivity contribution in [3.05, 3.63) is 82.6 Å². The third-order valence-corrected chi connectivity index (χ3v) is 5.23. The van der Waals surface area contributed by atoms with E-state index in [-0.39, 0.29) is 5.78 Å². The number of nitrogens with zero attached hydrogens (tertiary/aromatic N) is 2. The van der Waals surface area contributed by atoms with E-state index in [1.54, 1.807) is 0 Å². The fourth-order valence-corrected chi connectivity index (χ4v) is 3.30. The number of Topliss-reactive ketones (excluding diaryl/α,β-unsaturated/α-hetero) is 1. The van der Waals surface area contributed by atoms with Crippen molar-refractivity contribution in [3.8, 4) is 11.8 Å². The van der Waals surface area contributed by atoms with Crippen molar-refractivity contribution in [2.45, 2.75) is 19.9 Å². The van der Waals surface area contributed by atoms with Gasteiger partial charge in [-0.1, -0.05) is 48.2 Å². The summed E-state index contributed by atoms with van der Waals surface area (Å²) in [6.07, 6.45) is 1.88. The number of carbonyl (C=O) groups excluding carboxylic acids is 1. The number of hydrogen-bond acceptors (Lipinski definition) is 4. The molecular weight excluding hydrogens is 358 g/mol.